The Morgan fingerprint density at radius 1 is 1.07 bits per heavy atom. The number of aromatic nitrogens is 1. The van der Waals surface area contributed by atoms with E-state index in [0.717, 1.165) is 29.5 Å². The first-order chi connectivity index (χ1) is 13.7. The molecule has 29 heavy (non-hydrogen) atoms. The van der Waals surface area contributed by atoms with Gasteiger partial charge in [-0.05, 0) is 31.0 Å². The van der Waals surface area contributed by atoms with Gasteiger partial charge in [-0.25, -0.2) is 18.2 Å². The molecule has 2 heterocycles. The number of aliphatic hydroxyl groups excluding tert-OH is 1. The molecule has 1 aliphatic rings. The Morgan fingerprint density at radius 2 is 1.69 bits per heavy atom. The second-order valence-electron chi connectivity index (χ2n) is 6.99. The van der Waals surface area contributed by atoms with E-state index in [1.165, 1.54) is 11.0 Å². The van der Waals surface area contributed by atoms with Crippen molar-refractivity contribution in [3.63, 3.8) is 0 Å². The molecule has 4 nitrogen and oxygen atoms in total. The average molecular weight is 463 g/mol. The molecule has 0 spiro atoms. The van der Waals surface area contributed by atoms with E-state index in [4.69, 9.17) is 23.2 Å². The predicted molar refractivity (Wildman–Crippen MR) is 107 cm³/mol. The smallest absolute Gasteiger partial charge is 0.184 e. The summed E-state index contributed by atoms with van der Waals surface area (Å²) in [5.41, 5.74) is -1.44. The average Bonchev–Trinajstić information content (AvgIpc) is 3.05. The van der Waals surface area contributed by atoms with E-state index in [2.05, 4.69) is 4.98 Å². The van der Waals surface area contributed by atoms with Crippen LogP contribution in [0.15, 0.2) is 24.3 Å². The van der Waals surface area contributed by atoms with Crippen molar-refractivity contribution in [3.05, 3.63) is 56.8 Å². The molecule has 0 amide bonds. The van der Waals surface area contributed by atoms with Crippen molar-refractivity contribution in [3.8, 4) is 0 Å². The molecule has 0 saturated carbocycles. The molecule has 0 aliphatic carbocycles. The molecule has 2 aromatic carbocycles. The molecule has 1 unspecified atom stereocenters. The Labute approximate surface area is 178 Å². The van der Waals surface area contributed by atoms with Crippen LogP contribution in [0.25, 0.3) is 10.2 Å². The third-order valence-electron chi connectivity index (χ3n) is 5.23. The first kappa shape index (κ1) is 20.7. The van der Waals surface area contributed by atoms with Crippen LogP contribution in [0.2, 0.25) is 9.49 Å². The molecule has 0 bridgehead atoms. The molecule has 1 saturated heterocycles. The Kier molecular flexibility index (Phi) is 5.41. The third kappa shape index (κ3) is 3.68. The van der Waals surface area contributed by atoms with E-state index in [9.17, 15) is 23.4 Å². The molecule has 154 valence electrons. The summed E-state index contributed by atoms with van der Waals surface area (Å²) in [7, 11) is 0. The molecule has 4 rings (SSSR count). The first-order valence-electron chi connectivity index (χ1n) is 8.74. The Balaban J connectivity index is 1.60. The van der Waals surface area contributed by atoms with E-state index in [-0.39, 0.29) is 46.6 Å². The van der Waals surface area contributed by atoms with Crippen molar-refractivity contribution in [2.24, 2.45) is 0 Å². The molecule has 2 N–H and O–H groups in total. The van der Waals surface area contributed by atoms with Crippen molar-refractivity contribution in [2.45, 2.75) is 24.5 Å². The quantitative estimate of drug-likeness (QED) is 0.569. The Hall–Kier alpha value is -1.58. The molecule has 1 aliphatic heterocycles. The number of fused-ring (bicyclic) bond motifs is 1. The molecule has 1 fully saturated rings. The number of hydrogen-bond acceptors (Lipinski definition) is 5. The normalized spacial score (nSPS) is 17.7. The van der Waals surface area contributed by atoms with Gasteiger partial charge in [0.1, 0.15) is 23.1 Å². The molecular weight excluding hydrogens is 448 g/mol. The summed E-state index contributed by atoms with van der Waals surface area (Å²) in [6, 6.07) is 4.60. The predicted octanol–water partition coefficient (Wildman–Crippen LogP) is 5.09. The summed E-state index contributed by atoms with van der Waals surface area (Å²) >= 11 is 12.6. The molecule has 1 aromatic heterocycles. The SMILES string of the molecule is OC(c1ccc(F)c2nc(Cl)sc12)C1(O)CCN(c2c(F)cc(Cl)cc2F)CC1. The maximum Gasteiger partial charge on any atom is 0.184 e. The van der Waals surface area contributed by atoms with Crippen LogP contribution in [0, 0.1) is 17.5 Å². The van der Waals surface area contributed by atoms with Crippen molar-refractivity contribution >= 4 is 50.4 Å². The van der Waals surface area contributed by atoms with Gasteiger partial charge in [0.15, 0.2) is 16.1 Å². The van der Waals surface area contributed by atoms with Gasteiger partial charge in [-0.15, -0.1) is 11.3 Å². The molecule has 1 atom stereocenters. The van der Waals surface area contributed by atoms with Crippen LogP contribution < -0.4 is 4.90 Å². The fourth-order valence-electron chi connectivity index (χ4n) is 3.70. The standard InChI is InChI=1S/C19H15Cl2F3N2O2S/c20-9-7-12(23)15(13(24)8-9)26-5-3-19(28,4-6-26)17(27)10-1-2-11(22)14-16(10)29-18(21)25-14/h1-2,7-8,17,27-28H,3-6H2. The maximum absolute atomic E-state index is 14.2. The van der Waals surface area contributed by atoms with Gasteiger partial charge in [0, 0.05) is 23.7 Å². The van der Waals surface area contributed by atoms with Gasteiger partial charge in [0.2, 0.25) is 0 Å². The number of anilines is 1. The lowest BCUT2D eigenvalue weighted by Crippen LogP contribution is -2.48. The number of thiazole rings is 1. The first-order valence-corrected chi connectivity index (χ1v) is 10.3. The molecule has 10 heteroatoms. The largest absolute Gasteiger partial charge is 0.387 e. The van der Waals surface area contributed by atoms with Gasteiger partial charge in [-0.3, -0.25) is 0 Å². The van der Waals surface area contributed by atoms with Crippen LogP contribution in [0.1, 0.15) is 24.5 Å². The van der Waals surface area contributed by atoms with Gasteiger partial charge in [-0.1, -0.05) is 29.3 Å². The van der Waals surface area contributed by atoms with Crippen LogP contribution in [0.5, 0.6) is 0 Å². The van der Waals surface area contributed by atoms with Gasteiger partial charge in [-0.2, -0.15) is 0 Å². The number of hydrogen-bond donors (Lipinski definition) is 2. The second kappa shape index (κ2) is 7.59. The van der Waals surface area contributed by atoms with E-state index in [1.54, 1.807) is 0 Å². The Bertz CT molecular complexity index is 1060. The highest BCUT2D eigenvalue weighted by Gasteiger charge is 2.41. The fourth-order valence-corrected chi connectivity index (χ4v) is 5.05. The van der Waals surface area contributed by atoms with Gasteiger partial charge >= 0.3 is 0 Å². The zero-order chi connectivity index (χ0) is 20.9. The van der Waals surface area contributed by atoms with Crippen LogP contribution in [0.4, 0.5) is 18.9 Å². The van der Waals surface area contributed by atoms with Gasteiger partial charge in [0.05, 0.1) is 10.3 Å². The van der Waals surface area contributed by atoms with Crippen LogP contribution in [-0.2, 0) is 0 Å². The monoisotopic (exact) mass is 462 g/mol. The number of nitrogens with zero attached hydrogens (tertiary/aromatic N) is 2. The lowest BCUT2D eigenvalue weighted by atomic mass is 9.82. The summed E-state index contributed by atoms with van der Waals surface area (Å²) < 4.78 is 42.8. The summed E-state index contributed by atoms with van der Waals surface area (Å²) in [4.78, 5) is 5.38. The van der Waals surface area contributed by atoms with Gasteiger partial charge < -0.3 is 15.1 Å². The highest BCUT2D eigenvalue weighted by molar-refractivity contribution is 7.22. The lowest BCUT2D eigenvalue weighted by molar-refractivity contribution is -0.0911. The molecular formula is C19H15Cl2F3N2O2S. The molecule has 0 radical (unpaired) electrons. The van der Waals surface area contributed by atoms with E-state index < -0.39 is 29.2 Å². The topological polar surface area (TPSA) is 56.6 Å². The van der Waals surface area contributed by atoms with Crippen LogP contribution in [0.3, 0.4) is 0 Å². The lowest BCUT2D eigenvalue weighted by Gasteiger charge is -2.42. The highest BCUT2D eigenvalue weighted by Crippen LogP contribution is 2.42. The number of rotatable bonds is 3. The summed E-state index contributed by atoms with van der Waals surface area (Å²) in [6.45, 7) is 0.216. The van der Waals surface area contributed by atoms with Crippen LogP contribution >= 0.6 is 34.5 Å². The van der Waals surface area contributed by atoms with Gasteiger partial charge in [0.25, 0.3) is 0 Å². The zero-order valence-electron chi connectivity index (χ0n) is 14.8. The van der Waals surface area contributed by atoms with E-state index in [0.29, 0.717) is 10.3 Å². The van der Waals surface area contributed by atoms with Crippen LogP contribution in [-0.4, -0.2) is 33.9 Å². The number of benzene rings is 2. The minimum atomic E-state index is -1.56. The van der Waals surface area contributed by atoms with Crippen molar-refractivity contribution in [1.29, 1.82) is 0 Å². The fraction of sp³-hybridized carbons (Fsp3) is 0.316. The van der Waals surface area contributed by atoms with Crippen molar-refractivity contribution < 1.29 is 23.4 Å². The van der Waals surface area contributed by atoms with E-state index in [1.807, 2.05) is 0 Å². The number of piperidine rings is 1. The number of aliphatic hydroxyl groups is 2. The third-order valence-corrected chi connectivity index (χ3v) is 6.66. The Morgan fingerprint density at radius 3 is 2.31 bits per heavy atom. The minimum absolute atomic E-state index is 0.0305. The zero-order valence-corrected chi connectivity index (χ0v) is 17.1. The second-order valence-corrected chi connectivity index (χ2v) is 9.01. The maximum atomic E-state index is 14.2. The minimum Gasteiger partial charge on any atom is -0.387 e. The van der Waals surface area contributed by atoms with E-state index >= 15 is 0 Å². The molecule has 3 aromatic rings. The summed E-state index contributed by atoms with van der Waals surface area (Å²) in [6.07, 6.45) is -1.26. The number of halogens is 5. The summed E-state index contributed by atoms with van der Waals surface area (Å²) in [5, 5.41) is 21.9. The highest BCUT2D eigenvalue weighted by atomic mass is 35.5. The van der Waals surface area contributed by atoms with Crippen molar-refractivity contribution in [2.75, 3.05) is 18.0 Å². The van der Waals surface area contributed by atoms with Crippen molar-refractivity contribution in [1.82, 2.24) is 4.98 Å². The summed E-state index contributed by atoms with van der Waals surface area (Å²) in [5.74, 6) is -2.16.